The van der Waals surface area contributed by atoms with Crippen molar-refractivity contribution in [1.29, 1.82) is 0 Å². The highest BCUT2D eigenvalue weighted by Crippen LogP contribution is 2.34. The van der Waals surface area contributed by atoms with Crippen LogP contribution in [0.5, 0.6) is 5.75 Å². The summed E-state index contributed by atoms with van der Waals surface area (Å²) < 4.78 is 8.31. The molecule has 1 saturated heterocycles. The molecule has 2 heterocycles. The molecule has 32 heavy (non-hydrogen) atoms. The van der Waals surface area contributed by atoms with Crippen LogP contribution in [0.2, 0.25) is 0 Å². The fourth-order valence-electron chi connectivity index (χ4n) is 4.59. The minimum Gasteiger partial charge on any atom is -0.491 e. The molecule has 0 saturated carbocycles. The van der Waals surface area contributed by atoms with Crippen molar-refractivity contribution < 1.29 is 9.53 Å². The molecule has 0 spiro atoms. The number of carbonyl (C=O) groups excluding carboxylic acids is 1. The molecule has 5 heteroatoms. The Labute approximate surface area is 188 Å². The van der Waals surface area contributed by atoms with E-state index in [1.54, 1.807) is 0 Å². The molecule has 1 fully saturated rings. The summed E-state index contributed by atoms with van der Waals surface area (Å²) >= 11 is 0. The number of aromatic nitrogens is 2. The summed E-state index contributed by atoms with van der Waals surface area (Å²) in [5, 5.41) is 0. The van der Waals surface area contributed by atoms with Crippen LogP contribution in [0.25, 0.3) is 11.0 Å². The Bertz CT molecular complexity index is 1280. The molecule has 0 N–H and O–H groups in total. The molecule has 0 aliphatic carbocycles. The zero-order chi connectivity index (χ0) is 22.1. The van der Waals surface area contributed by atoms with Crippen LogP contribution in [-0.2, 0) is 11.3 Å². The first kappa shape index (κ1) is 20.3. The predicted octanol–water partition coefficient (Wildman–Crippen LogP) is 5.25. The molecule has 1 aromatic heterocycles. The molecular formula is C27H27N3O2. The zero-order valence-corrected chi connectivity index (χ0v) is 18.5. The van der Waals surface area contributed by atoms with Gasteiger partial charge in [-0.2, -0.15) is 0 Å². The second-order valence-corrected chi connectivity index (χ2v) is 8.42. The first-order valence-corrected chi connectivity index (χ1v) is 11.1. The van der Waals surface area contributed by atoms with Crippen LogP contribution in [0, 0.1) is 13.8 Å². The summed E-state index contributed by atoms with van der Waals surface area (Å²) in [4.78, 5) is 19.8. The van der Waals surface area contributed by atoms with Gasteiger partial charge in [-0.05, 0) is 49.2 Å². The first-order chi connectivity index (χ1) is 15.6. The van der Waals surface area contributed by atoms with Gasteiger partial charge in [-0.15, -0.1) is 0 Å². The Hall–Kier alpha value is -3.60. The number of ether oxygens (including phenoxy) is 1. The number of amides is 1. The first-order valence-electron chi connectivity index (χ1n) is 11.1. The summed E-state index contributed by atoms with van der Waals surface area (Å²) in [6.07, 6.45) is 0.469. The minimum absolute atomic E-state index is 0.0490. The molecule has 4 aromatic rings. The lowest BCUT2D eigenvalue weighted by atomic mass is 10.1. The maximum absolute atomic E-state index is 12.9. The second kappa shape index (κ2) is 8.50. The van der Waals surface area contributed by atoms with Crippen LogP contribution in [0.3, 0.4) is 0 Å². The van der Waals surface area contributed by atoms with Gasteiger partial charge in [-0.1, -0.05) is 48.5 Å². The van der Waals surface area contributed by atoms with E-state index >= 15 is 0 Å². The number of anilines is 1. The molecule has 1 aliphatic heterocycles. The highest BCUT2D eigenvalue weighted by molar-refractivity contribution is 5.97. The topological polar surface area (TPSA) is 47.4 Å². The van der Waals surface area contributed by atoms with Gasteiger partial charge in [0.2, 0.25) is 5.91 Å². The summed E-state index contributed by atoms with van der Waals surface area (Å²) in [5.41, 5.74) is 5.27. The normalized spacial score (nSPS) is 16.1. The summed E-state index contributed by atoms with van der Waals surface area (Å²) in [6.45, 7) is 5.97. The monoisotopic (exact) mass is 425 g/mol. The summed E-state index contributed by atoms with van der Waals surface area (Å²) in [6, 6.07) is 24.3. The van der Waals surface area contributed by atoms with Crippen LogP contribution in [-0.4, -0.2) is 28.6 Å². The Morgan fingerprint density at radius 3 is 2.47 bits per heavy atom. The zero-order valence-electron chi connectivity index (χ0n) is 18.5. The van der Waals surface area contributed by atoms with Gasteiger partial charge in [-0.25, -0.2) is 4.98 Å². The van der Waals surface area contributed by atoms with Crippen LogP contribution in [0.4, 0.5) is 5.69 Å². The minimum atomic E-state index is 0.0490. The van der Waals surface area contributed by atoms with E-state index in [-0.39, 0.29) is 11.8 Å². The van der Waals surface area contributed by atoms with Crippen molar-refractivity contribution in [1.82, 2.24) is 9.55 Å². The van der Waals surface area contributed by atoms with Crippen molar-refractivity contribution in [3.8, 4) is 5.75 Å². The van der Waals surface area contributed by atoms with E-state index in [0.717, 1.165) is 39.4 Å². The van der Waals surface area contributed by atoms with Crippen molar-refractivity contribution in [3.05, 3.63) is 89.7 Å². The largest absolute Gasteiger partial charge is 0.491 e. The average Bonchev–Trinajstić information content (AvgIpc) is 3.36. The number of imidazole rings is 1. The lowest BCUT2D eigenvalue weighted by Crippen LogP contribution is -2.25. The number of hydrogen-bond acceptors (Lipinski definition) is 3. The van der Waals surface area contributed by atoms with E-state index in [9.17, 15) is 4.79 Å². The van der Waals surface area contributed by atoms with Gasteiger partial charge < -0.3 is 14.2 Å². The van der Waals surface area contributed by atoms with Crippen molar-refractivity contribution in [2.75, 3.05) is 18.1 Å². The number of benzene rings is 3. The summed E-state index contributed by atoms with van der Waals surface area (Å²) in [7, 11) is 0. The number of para-hydroxylation sites is 4. The molecule has 1 amide bonds. The number of fused-ring (bicyclic) bond motifs is 1. The lowest BCUT2D eigenvalue weighted by molar-refractivity contribution is -0.117. The third kappa shape index (κ3) is 3.75. The molecular weight excluding hydrogens is 398 g/mol. The highest BCUT2D eigenvalue weighted by Gasteiger charge is 2.35. The molecule has 0 unspecified atom stereocenters. The molecule has 1 aliphatic rings. The van der Waals surface area contributed by atoms with E-state index in [2.05, 4.69) is 23.6 Å². The molecule has 5 rings (SSSR count). The van der Waals surface area contributed by atoms with E-state index < -0.39 is 0 Å². The Balaban J connectivity index is 1.42. The Morgan fingerprint density at radius 1 is 0.938 bits per heavy atom. The highest BCUT2D eigenvalue weighted by atomic mass is 16.5. The van der Waals surface area contributed by atoms with Crippen molar-refractivity contribution in [3.63, 3.8) is 0 Å². The van der Waals surface area contributed by atoms with Crippen LogP contribution in [0.15, 0.2) is 72.8 Å². The molecule has 0 bridgehead atoms. The SMILES string of the molecule is Cc1ccccc1OCCn1c([C@@H]2CC(=O)N(c3ccccc3C)C2)nc2ccccc21. The maximum atomic E-state index is 12.9. The van der Waals surface area contributed by atoms with Crippen molar-refractivity contribution in [2.45, 2.75) is 32.7 Å². The number of hydrogen-bond donors (Lipinski definition) is 0. The van der Waals surface area contributed by atoms with Gasteiger partial charge in [0.15, 0.2) is 0 Å². The Morgan fingerprint density at radius 2 is 1.66 bits per heavy atom. The maximum Gasteiger partial charge on any atom is 0.227 e. The van der Waals surface area contributed by atoms with Crippen LogP contribution in [0.1, 0.15) is 29.3 Å². The van der Waals surface area contributed by atoms with Gasteiger partial charge in [0.25, 0.3) is 0 Å². The van der Waals surface area contributed by atoms with E-state index in [0.29, 0.717) is 26.1 Å². The number of rotatable bonds is 6. The Kier molecular flexibility index (Phi) is 5.39. The number of carbonyl (C=O) groups is 1. The molecule has 5 nitrogen and oxygen atoms in total. The van der Waals surface area contributed by atoms with Crippen molar-refractivity contribution in [2.24, 2.45) is 0 Å². The van der Waals surface area contributed by atoms with Crippen LogP contribution < -0.4 is 9.64 Å². The summed E-state index contributed by atoms with van der Waals surface area (Å²) in [5.74, 6) is 2.07. The van der Waals surface area contributed by atoms with Gasteiger partial charge in [-0.3, -0.25) is 4.79 Å². The molecule has 1 atom stereocenters. The third-order valence-electron chi connectivity index (χ3n) is 6.25. The van der Waals surface area contributed by atoms with Crippen LogP contribution >= 0.6 is 0 Å². The van der Waals surface area contributed by atoms with Gasteiger partial charge in [0.1, 0.15) is 18.2 Å². The third-order valence-corrected chi connectivity index (χ3v) is 6.25. The molecule has 0 radical (unpaired) electrons. The van der Waals surface area contributed by atoms with E-state index in [1.165, 1.54) is 0 Å². The van der Waals surface area contributed by atoms with E-state index in [4.69, 9.17) is 9.72 Å². The fourth-order valence-corrected chi connectivity index (χ4v) is 4.59. The van der Waals surface area contributed by atoms with Gasteiger partial charge in [0, 0.05) is 24.6 Å². The predicted molar refractivity (Wildman–Crippen MR) is 127 cm³/mol. The number of aryl methyl sites for hydroxylation is 2. The number of nitrogens with zero attached hydrogens (tertiary/aromatic N) is 3. The quantitative estimate of drug-likeness (QED) is 0.424. The molecule has 3 aromatic carbocycles. The molecule has 162 valence electrons. The van der Waals surface area contributed by atoms with Gasteiger partial charge in [0.05, 0.1) is 17.6 Å². The second-order valence-electron chi connectivity index (χ2n) is 8.42. The van der Waals surface area contributed by atoms with E-state index in [1.807, 2.05) is 72.5 Å². The lowest BCUT2D eigenvalue weighted by Gasteiger charge is -2.19. The van der Waals surface area contributed by atoms with Crippen molar-refractivity contribution >= 4 is 22.6 Å². The van der Waals surface area contributed by atoms with Gasteiger partial charge >= 0.3 is 0 Å². The average molecular weight is 426 g/mol. The standard InChI is InChI=1S/C27H27N3O2/c1-19-9-3-6-12-23(19)30-18-21(17-26(30)31)27-28-22-11-5-7-13-24(22)29(27)15-16-32-25-14-8-4-10-20(25)2/h3-14,21H,15-18H2,1-2H3/t21-/m1/s1. The smallest absolute Gasteiger partial charge is 0.227 e. The fraction of sp³-hybridized carbons (Fsp3) is 0.259.